The highest BCUT2D eigenvalue weighted by molar-refractivity contribution is 7.80. The van der Waals surface area contributed by atoms with Crippen LogP contribution in [0.2, 0.25) is 0 Å². The first-order valence-electron chi connectivity index (χ1n) is 13.3. The molecular formula is C25H46N6O6S. The first kappa shape index (κ1) is 33.6. The Kier molecular flexibility index (Phi) is 14.7. The van der Waals surface area contributed by atoms with E-state index in [1.807, 2.05) is 27.7 Å². The number of hydrogen-bond donors (Lipinski definition) is 7. The number of nitrogens with two attached hydrogens (primary N) is 2. The first-order chi connectivity index (χ1) is 17.8. The lowest BCUT2D eigenvalue weighted by Gasteiger charge is -2.29. The van der Waals surface area contributed by atoms with Gasteiger partial charge in [-0.25, -0.2) is 4.79 Å². The lowest BCUT2D eigenvalue weighted by molar-refractivity contribution is -0.142. The molecule has 1 fully saturated rings. The van der Waals surface area contributed by atoms with Crippen LogP contribution in [0.25, 0.3) is 0 Å². The van der Waals surface area contributed by atoms with E-state index in [2.05, 4.69) is 28.6 Å². The smallest absolute Gasteiger partial charge is 0.326 e. The van der Waals surface area contributed by atoms with E-state index in [1.165, 1.54) is 4.90 Å². The van der Waals surface area contributed by atoms with Crippen LogP contribution in [0.1, 0.15) is 66.2 Å². The van der Waals surface area contributed by atoms with Crippen LogP contribution >= 0.6 is 12.6 Å². The minimum absolute atomic E-state index is 0.0128. The van der Waals surface area contributed by atoms with Gasteiger partial charge in [0.1, 0.15) is 24.2 Å². The molecule has 8 N–H and O–H groups in total. The average molecular weight is 559 g/mol. The van der Waals surface area contributed by atoms with Gasteiger partial charge in [-0.05, 0) is 56.9 Å². The third kappa shape index (κ3) is 10.4. The van der Waals surface area contributed by atoms with Crippen LogP contribution < -0.4 is 27.4 Å². The number of thiol groups is 1. The second-order valence-electron chi connectivity index (χ2n) is 10.6. The fourth-order valence-corrected chi connectivity index (χ4v) is 4.50. The monoisotopic (exact) mass is 558 g/mol. The van der Waals surface area contributed by atoms with Gasteiger partial charge in [0.25, 0.3) is 0 Å². The van der Waals surface area contributed by atoms with Crippen molar-refractivity contribution in [2.75, 3.05) is 18.8 Å². The predicted molar refractivity (Wildman–Crippen MR) is 147 cm³/mol. The van der Waals surface area contributed by atoms with Crippen molar-refractivity contribution in [3.63, 3.8) is 0 Å². The number of rotatable bonds is 16. The van der Waals surface area contributed by atoms with Crippen molar-refractivity contribution < 1.29 is 29.1 Å². The molecule has 5 atom stereocenters. The molecule has 1 aliphatic heterocycles. The maximum Gasteiger partial charge on any atom is 0.326 e. The van der Waals surface area contributed by atoms with Gasteiger partial charge >= 0.3 is 5.97 Å². The summed E-state index contributed by atoms with van der Waals surface area (Å²) in [5, 5.41) is 17.3. The van der Waals surface area contributed by atoms with Crippen LogP contribution in [-0.4, -0.2) is 88.7 Å². The van der Waals surface area contributed by atoms with Crippen LogP contribution in [-0.2, 0) is 24.0 Å². The lowest BCUT2D eigenvalue weighted by Crippen LogP contribution is -2.59. The highest BCUT2D eigenvalue weighted by Crippen LogP contribution is 2.20. The van der Waals surface area contributed by atoms with E-state index in [9.17, 15) is 29.1 Å². The van der Waals surface area contributed by atoms with Crippen molar-refractivity contribution in [1.29, 1.82) is 0 Å². The number of carboxylic acids is 1. The van der Waals surface area contributed by atoms with Gasteiger partial charge in [-0.1, -0.05) is 27.7 Å². The number of carbonyl (C=O) groups is 5. The minimum atomic E-state index is -1.17. The quantitative estimate of drug-likeness (QED) is 0.0981. The van der Waals surface area contributed by atoms with Crippen LogP contribution in [0.3, 0.4) is 0 Å². The number of unbranched alkanes of at least 4 members (excludes halogenated alkanes) is 1. The van der Waals surface area contributed by atoms with Crippen molar-refractivity contribution >= 4 is 42.2 Å². The zero-order valence-corrected chi connectivity index (χ0v) is 23.8. The van der Waals surface area contributed by atoms with Gasteiger partial charge in [-0.2, -0.15) is 12.6 Å². The molecule has 4 amide bonds. The molecule has 0 aliphatic carbocycles. The normalized spacial score (nSPS) is 18.6. The number of nitrogens with zero attached hydrogens (tertiary/aromatic N) is 1. The van der Waals surface area contributed by atoms with E-state index in [4.69, 9.17) is 11.5 Å². The van der Waals surface area contributed by atoms with Gasteiger partial charge < -0.3 is 37.4 Å². The Morgan fingerprint density at radius 2 is 1.58 bits per heavy atom. The van der Waals surface area contributed by atoms with Gasteiger partial charge in [-0.3, -0.25) is 19.2 Å². The summed E-state index contributed by atoms with van der Waals surface area (Å²) in [6.45, 7) is 8.22. The maximum absolute atomic E-state index is 13.1. The maximum atomic E-state index is 13.1. The van der Waals surface area contributed by atoms with E-state index in [-0.39, 0.29) is 36.3 Å². The summed E-state index contributed by atoms with van der Waals surface area (Å²) in [6.07, 6.45) is 2.72. The Morgan fingerprint density at radius 1 is 0.974 bits per heavy atom. The van der Waals surface area contributed by atoms with Gasteiger partial charge in [0.2, 0.25) is 23.6 Å². The largest absolute Gasteiger partial charge is 0.480 e. The first-order valence-corrected chi connectivity index (χ1v) is 14.0. The third-order valence-electron chi connectivity index (χ3n) is 6.56. The van der Waals surface area contributed by atoms with Crippen molar-refractivity contribution in [2.24, 2.45) is 23.3 Å². The highest BCUT2D eigenvalue weighted by Gasteiger charge is 2.38. The third-order valence-corrected chi connectivity index (χ3v) is 6.92. The van der Waals surface area contributed by atoms with Crippen LogP contribution in [0, 0.1) is 11.8 Å². The number of likely N-dealkylation sites (tertiary alicyclic amines) is 1. The molecule has 218 valence electrons. The molecule has 1 aliphatic rings. The van der Waals surface area contributed by atoms with Crippen molar-refractivity contribution in [2.45, 2.75) is 96.4 Å². The topological polar surface area (TPSA) is 197 Å². The Bertz CT molecular complexity index is 826. The SMILES string of the molecule is CC(C)C[C@H](NC(=O)[C@H](CS)NC(=O)[C@@H]1CCCN1C(=O)[C@@H](N)C(C)C)C(=O)N[C@@H](CCCCN)C(=O)O. The zero-order valence-electron chi connectivity index (χ0n) is 22.9. The Balaban J connectivity index is 2.90. The van der Waals surface area contributed by atoms with E-state index >= 15 is 0 Å². The fourth-order valence-electron chi connectivity index (χ4n) is 4.24. The number of aliphatic carboxylic acids is 1. The molecule has 0 aromatic heterocycles. The number of carboxylic acid groups (broad SMARTS) is 1. The van der Waals surface area contributed by atoms with Gasteiger partial charge in [0, 0.05) is 12.3 Å². The van der Waals surface area contributed by atoms with Crippen molar-refractivity contribution in [3.8, 4) is 0 Å². The lowest BCUT2D eigenvalue weighted by atomic mass is 10.0. The summed E-state index contributed by atoms with van der Waals surface area (Å²) in [7, 11) is 0. The molecule has 0 bridgehead atoms. The second kappa shape index (κ2) is 16.6. The standard InChI is InChI=1S/C25H46N6O6S/c1-14(2)12-17(21(32)28-16(25(36)37)8-5-6-10-26)29-22(33)18(13-38)30-23(34)19-9-7-11-31(19)24(35)20(27)15(3)4/h14-20,38H,5-13,26-27H2,1-4H3,(H,28,32)(H,29,33)(H,30,34)(H,36,37)/t16-,17-,18-,19-,20-/m0/s1. The number of hydrogen-bond acceptors (Lipinski definition) is 8. The number of carbonyl (C=O) groups excluding carboxylic acids is 4. The van der Waals surface area contributed by atoms with Crippen LogP contribution in [0.5, 0.6) is 0 Å². The zero-order chi connectivity index (χ0) is 29.0. The molecule has 1 saturated heterocycles. The fraction of sp³-hybridized carbons (Fsp3) is 0.800. The number of amides is 4. The molecule has 1 heterocycles. The average Bonchev–Trinajstić information content (AvgIpc) is 3.34. The summed E-state index contributed by atoms with van der Waals surface area (Å²) in [6, 6.07) is -4.66. The van der Waals surface area contributed by atoms with Crippen LogP contribution in [0.15, 0.2) is 0 Å². The summed E-state index contributed by atoms with van der Waals surface area (Å²) < 4.78 is 0. The predicted octanol–water partition coefficient (Wildman–Crippen LogP) is -0.395. The molecule has 0 aromatic rings. The Hall–Kier alpha value is -2.38. The molecule has 12 nitrogen and oxygen atoms in total. The second-order valence-corrected chi connectivity index (χ2v) is 10.9. The molecule has 13 heteroatoms. The van der Waals surface area contributed by atoms with E-state index < -0.39 is 53.9 Å². The molecule has 0 saturated carbocycles. The van der Waals surface area contributed by atoms with E-state index in [0.29, 0.717) is 38.8 Å². The molecule has 0 spiro atoms. The highest BCUT2D eigenvalue weighted by atomic mass is 32.1. The minimum Gasteiger partial charge on any atom is -0.480 e. The summed E-state index contributed by atoms with van der Waals surface area (Å²) in [4.78, 5) is 64.9. The molecule has 0 radical (unpaired) electrons. The molecular weight excluding hydrogens is 512 g/mol. The summed E-state index contributed by atoms with van der Waals surface area (Å²) in [5.41, 5.74) is 11.5. The van der Waals surface area contributed by atoms with Crippen LogP contribution in [0.4, 0.5) is 0 Å². The summed E-state index contributed by atoms with van der Waals surface area (Å²) >= 11 is 4.20. The van der Waals surface area contributed by atoms with Gasteiger partial charge in [-0.15, -0.1) is 0 Å². The van der Waals surface area contributed by atoms with Crippen molar-refractivity contribution in [1.82, 2.24) is 20.9 Å². The summed E-state index contributed by atoms with van der Waals surface area (Å²) in [5.74, 6) is -3.33. The molecule has 0 aromatic carbocycles. The molecule has 0 unspecified atom stereocenters. The number of nitrogens with one attached hydrogen (secondary N) is 3. The van der Waals surface area contributed by atoms with Gasteiger partial charge in [0.05, 0.1) is 6.04 Å². The molecule has 38 heavy (non-hydrogen) atoms. The van der Waals surface area contributed by atoms with Gasteiger partial charge in [0.15, 0.2) is 0 Å². The Morgan fingerprint density at radius 3 is 2.11 bits per heavy atom. The van der Waals surface area contributed by atoms with E-state index in [1.54, 1.807) is 0 Å². The van der Waals surface area contributed by atoms with Crippen molar-refractivity contribution in [3.05, 3.63) is 0 Å². The Labute approximate surface area is 230 Å². The van der Waals surface area contributed by atoms with E-state index in [0.717, 1.165) is 0 Å². The molecule has 1 rings (SSSR count).